The summed E-state index contributed by atoms with van der Waals surface area (Å²) in [5.41, 5.74) is 5.60. The summed E-state index contributed by atoms with van der Waals surface area (Å²) >= 11 is 0. The molecule has 0 spiro atoms. The monoisotopic (exact) mass is 396 g/mol. The highest BCUT2D eigenvalue weighted by atomic mass is 16.2. The Hall–Kier alpha value is -2.28. The van der Waals surface area contributed by atoms with Gasteiger partial charge in [-0.2, -0.15) is 5.10 Å². The molecule has 1 saturated heterocycles. The van der Waals surface area contributed by atoms with Gasteiger partial charge in [0.2, 0.25) is 5.91 Å². The molecule has 2 aromatic rings. The van der Waals surface area contributed by atoms with Gasteiger partial charge >= 0.3 is 0 Å². The van der Waals surface area contributed by atoms with Gasteiger partial charge in [-0.25, -0.2) is 9.97 Å². The molecule has 0 bridgehead atoms. The topological polar surface area (TPSA) is 67.2 Å². The standard InChI is InChI=1S/C22H32N6O/c1-15-16(2)25-28(17(15)3)12-9-21(29)27-11-8-19-18(14-27)13-23-22(24-19)20-7-5-6-10-26(20)4/h13,20H,5-12,14H2,1-4H3/t20-/m0/s1. The van der Waals surface area contributed by atoms with Crippen LogP contribution in [-0.4, -0.2) is 55.6 Å². The van der Waals surface area contributed by atoms with Crippen molar-refractivity contribution in [1.29, 1.82) is 0 Å². The fourth-order valence-electron chi connectivity index (χ4n) is 4.47. The number of piperidine rings is 1. The summed E-state index contributed by atoms with van der Waals surface area (Å²) in [5, 5.41) is 4.54. The van der Waals surface area contributed by atoms with E-state index in [0.717, 1.165) is 54.4 Å². The van der Waals surface area contributed by atoms with E-state index in [-0.39, 0.29) is 5.91 Å². The van der Waals surface area contributed by atoms with Crippen molar-refractivity contribution in [2.24, 2.45) is 0 Å². The first kappa shape index (κ1) is 20.0. The summed E-state index contributed by atoms with van der Waals surface area (Å²) in [5.74, 6) is 1.13. The molecule has 0 aromatic carbocycles. The van der Waals surface area contributed by atoms with Gasteiger partial charge in [0.05, 0.1) is 17.4 Å². The maximum absolute atomic E-state index is 12.8. The van der Waals surface area contributed by atoms with E-state index in [1.165, 1.54) is 18.4 Å². The number of fused-ring (bicyclic) bond motifs is 1. The number of aromatic nitrogens is 4. The van der Waals surface area contributed by atoms with Gasteiger partial charge in [0.1, 0.15) is 5.82 Å². The highest BCUT2D eigenvalue weighted by molar-refractivity contribution is 5.76. The number of carbonyl (C=O) groups excluding carboxylic acids is 1. The lowest BCUT2D eigenvalue weighted by Crippen LogP contribution is -2.37. The van der Waals surface area contributed by atoms with Gasteiger partial charge in [-0.1, -0.05) is 6.42 Å². The van der Waals surface area contributed by atoms with Gasteiger partial charge in [0, 0.05) is 49.9 Å². The Labute approximate surface area is 173 Å². The van der Waals surface area contributed by atoms with Crippen LogP contribution in [0.5, 0.6) is 0 Å². The molecule has 4 heterocycles. The summed E-state index contributed by atoms with van der Waals surface area (Å²) < 4.78 is 1.95. The van der Waals surface area contributed by atoms with Crippen LogP contribution >= 0.6 is 0 Å². The van der Waals surface area contributed by atoms with Crippen molar-refractivity contribution in [3.8, 4) is 0 Å². The first-order valence-corrected chi connectivity index (χ1v) is 10.8. The van der Waals surface area contributed by atoms with Gasteiger partial charge in [0.15, 0.2) is 0 Å². The van der Waals surface area contributed by atoms with Crippen molar-refractivity contribution in [2.75, 3.05) is 20.1 Å². The summed E-state index contributed by atoms with van der Waals surface area (Å²) in [7, 11) is 2.16. The number of rotatable bonds is 4. The Kier molecular flexibility index (Phi) is 5.67. The van der Waals surface area contributed by atoms with Crippen LogP contribution < -0.4 is 0 Å². The minimum absolute atomic E-state index is 0.178. The predicted octanol–water partition coefficient (Wildman–Crippen LogP) is 2.73. The smallest absolute Gasteiger partial charge is 0.224 e. The van der Waals surface area contributed by atoms with Crippen LogP contribution in [0.3, 0.4) is 0 Å². The minimum Gasteiger partial charge on any atom is -0.338 e. The first-order chi connectivity index (χ1) is 13.9. The van der Waals surface area contributed by atoms with E-state index in [1.54, 1.807) is 0 Å². The van der Waals surface area contributed by atoms with Gasteiger partial charge in [-0.3, -0.25) is 14.4 Å². The fourth-order valence-corrected chi connectivity index (χ4v) is 4.47. The molecule has 0 saturated carbocycles. The lowest BCUT2D eigenvalue weighted by Gasteiger charge is -2.33. The molecule has 156 valence electrons. The van der Waals surface area contributed by atoms with Crippen molar-refractivity contribution in [1.82, 2.24) is 29.5 Å². The second-order valence-corrected chi connectivity index (χ2v) is 8.53. The number of hydrogen-bond acceptors (Lipinski definition) is 5. The van der Waals surface area contributed by atoms with E-state index < -0.39 is 0 Å². The third kappa shape index (κ3) is 4.06. The molecule has 2 aromatic heterocycles. The third-order valence-corrected chi connectivity index (χ3v) is 6.65. The maximum Gasteiger partial charge on any atom is 0.224 e. The molecular weight excluding hydrogens is 364 g/mol. The summed E-state index contributed by atoms with van der Waals surface area (Å²) in [6, 6.07) is 0.331. The number of carbonyl (C=O) groups is 1. The Morgan fingerprint density at radius 1 is 1.21 bits per heavy atom. The van der Waals surface area contributed by atoms with Crippen LogP contribution in [0.1, 0.15) is 65.8 Å². The quantitative estimate of drug-likeness (QED) is 0.795. The number of hydrogen-bond donors (Lipinski definition) is 0. The molecular formula is C22H32N6O. The normalized spacial score (nSPS) is 20.0. The molecule has 0 aliphatic carbocycles. The molecule has 2 aliphatic rings. The van der Waals surface area contributed by atoms with Gasteiger partial charge in [-0.15, -0.1) is 0 Å². The molecule has 7 nitrogen and oxygen atoms in total. The van der Waals surface area contributed by atoms with E-state index in [9.17, 15) is 4.79 Å². The second kappa shape index (κ2) is 8.22. The highest BCUT2D eigenvalue weighted by Crippen LogP contribution is 2.28. The van der Waals surface area contributed by atoms with Crippen LogP contribution in [0, 0.1) is 20.8 Å². The van der Waals surface area contributed by atoms with Crippen molar-refractivity contribution >= 4 is 5.91 Å². The first-order valence-electron chi connectivity index (χ1n) is 10.8. The Morgan fingerprint density at radius 3 is 2.76 bits per heavy atom. The zero-order chi connectivity index (χ0) is 20.5. The van der Waals surface area contributed by atoms with Gasteiger partial charge in [0.25, 0.3) is 0 Å². The van der Waals surface area contributed by atoms with Crippen LogP contribution in [-0.2, 0) is 24.3 Å². The highest BCUT2D eigenvalue weighted by Gasteiger charge is 2.26. The largest absolute Gasteiger partial charge is 0.338 e. The molecule has 1 atom stereocenters. The lowest BCUT2D eigenvalue weighted by molar-refractivity contribution is -0.132. The van der Waals surface area contributed by atoms with Gasteiger partial charge < -0.3 is 4.90 Å². The maximum atomic E-state index is 12.8. The summed E-state index contributed by atoms with van der Waals surface area (Å²) in [6.45, 7) is 9.26. The zero-order valence-corrected chi connectivity index (χ0v) is 18.1. The van der Waals surface area contributed by atoms with Crippen molar-refractivity contribution in [3.63, 3.8) is 0 Å². The third-order valence-electron chi connectivity index (χ3n) is 6.65. The van der Waals surface area contributed by atoms with Crippen molar-refractivity contribution in [2.45, 2.75) is 72.0 Å². The molecule has 1 amide bonds. The van der Waals surface area contributed by atoms with E-state index >= 15 is 0 Å². The molecule has 2 aliphatic heterocycles. The molecule has 4 rings (SSSR count). The Morgan fingerprint density at radius 2 is 2.03 bits per heavy atom. The van der Waals surface area contributed by atoms with E-state index in [4.69, 9.17) is 4.98 Å². The number of nitrogens with zero attached hydrogens (tertiary/aromatic N) is 6. The second-order valence-electron chi connectivity index (χ2n) is 8.53. The lowest BCUT2D eigenvalue weighted by atomic mass is 10.0. The van der Waals surface area contributed by atoms with E-state index in [1.807, 2.05) is 22.7 Å². The average Bonchev–Trinajstić information content (AvgIpc) is 2.98. The summed E-state index contributed by atoms with van der Waals surface area (Å²) in [4.78, 5) is 26.7. The molecule has 0 N–H and O–H groups in total. The minimum atomic E-state index is 0.178. The number of aryl methyl sites for hydroxylation is 2. The van der Waals surface area contributed by atoms with Crippen molar-refractivity contribution < 1.29 is 4.79 Å². The predicted molar refractivity (Wildman–Crippen MR) is 111 cm³/mol. The van der Waals surface area contributed by atoms with Crippen LogP contribution in [0.2, 0.25) is 0 Å². The molecule has 7 heteroatoms. The number of amides is 1. The average molecular weight is 397 g/mol. The molecule has 0 unspecified atom stereocenters. The zero-order valence-electron chi connectivity index (χ0n) is 18.1. The van der Waals surface area contributed by atoms with E-state index in [2.05, 4.69) is 35.9 Å². The fraction of sp³-hybridized carbons (Fsp3) is 0.636. The van der Waals surface area contributed by atoms with Gasteiger partial charge in [-0.05, 0) is 52.8 Å². The summed E-state index contributed by atoms with van der Waals surface area (Å²) in [6.07, 6.45) is 6.86. The molecule has 0 radical (unpaired) electrons. The number of likely N-dealkylation sites (tertiary alicyclic amines) is 1. The molecule has 1 fully saturated rings. The Balaban J connectivity index is 1.39. The van der Waals surface area contributed by atoms with Crippen LogP contribution in [0.4, 0.5) is 0 Å². The van der Waals surface area contributed by atoms with Crippen LogP contribution in [0.15, 0.2) is 6.20 Å². The van der Waals surface area contributed by atoms with E-state index in [0.29, 0.717) is 25.6 Å². The van der Waals surface area contributed by atoms with Crippen molar-refractivity contribution in [3.05, 3.63) is 40.2 Å². The van der Waals surface area contributed by atoms with Crippen LogP contribution in [0.25, 0.3) is 0 Å². The SMILES string of the molecule is Cc1nn(CCC(=O)N2CCc3nc([C@@H]4CCCCN4C)ncc3C2)c(C)c1C. The Bertz CT molecular complexity index is 905. The molecule has 29 heavy (non-hydrogen) atoms.